The molecule has 27 heavy (non-hydrogen) atoms. The molecule has 0 unspecified atom stereocenters. The molecule has 0 aliphatic carbocycles. The van der Waals surface area contributed by atoms with E-state index >= 15 is 0 Å². The Morgan fingerprint density at radius 3 is 2.63 bits per heavy atom. The number of sulfonamides is 1. The lowest BCUT2D eigenvalue weighted by atomic mass is 9.99. The van der Waals surface area contributed by atoms with E-state index in [1.165, 1.54) is 11.1 Å². The molecule has 0 fully saturated rings. The number of nitrogens with one attached hydrogen (secondary N) is 1. The molecule has 3 rings (SSSR count). The summed E-state index contributed by atoms with van der Waals surface area (Å²) in [4.78, 5) is 2.30. The minimum absolute atomic E-state index is 0.156. The molecule has 0 bridgehead atoms. The van der Waals surface area contributed by atoms with Gasteiger partial charge in [-0.3, -0.25) is 4.72 Å². The highest BCUT2D eigenvalue weighted by atomic mass is 32.2. The van der Waals surface area contributed by atoms with Gasteiger partial charge in [0.05, 0.1) is 5.75 Å². The van der Waals surface area contributed by atoms with Gasteiger partial charge in [-0.2, -0.15) is 0 Å². The van der Waals surface area contributed by atoms with Gasteiger partial charge in [0.2, 0.25) is 10.0 Å². The molecule has 1 aliphatic heterocycles. The van der Waals surface area contributed by atoms with Crippen LogP contribution in [-0.4, -0.2) is 32.7 Å². The Morgan fingerprint density at radius 2 is 1.89 bits per heavy atom. The largest absolute Gasteiger partial charge is 0.457 e. The van der Waals surface area contributed by atoms with Crippen molar-refractivity contribution in [2.75, 3.05) is 24.1 Å². The van der Waals surface area contributed by atoms with E-state index in [-0.39, 0.29) is 5.75 Å². The minimum atomic E-state index is -3.29. The highest BCUT2D eigenvalue weighted by Gasteiger charge is 2.17. The van der Waals surface area contributed by atoms with E-state index in [9.17, 15) is 8.42 Å². The number of likely N-dealkylation sites (N-methyl/N-ethyl adjacent to an activating group) is 1. The summed E-state index contributed by atoms with van der Waals surface area (Å²) >= 11 is 0. The van der Waals surface area contributed by atoms with Gasteiger partial charge in [0, 0.05) is 24.3 Å². The first-order valence-corrected chi connectivity index (χ1v) is 11.2. The van der Waals surface area contributed by atoms with Crippen LogP contribution in [0.25, 0.3) is 0 Å². The zero-order valence-corrected chi connectivity index (χ0v) is 16.9. The summed E-state index contributed by atoms with van der Waals surface area (Å²) in [7, 11) is -1.17. The molecule has 0 spiro atoms. The first-order valence-electron chi connectivity index (χ1n) is 9.54. The Balaban J connectivity index is 1.66. The fraction of sp³-hybridized carbons (Fsp3) is 0.429. The van der Waals surface area contributed by atoms with Crippen molar-refractivity contribution in [3.63, 3.8) is 0 Å². The fourth-order valence-corrected chi connectivity index (χ4v) is 4.48. The first kappa shape index (κ1) is 19.7. The number of ether oxygens (including phenoxy) is 1. The van der Waals surface area contributed by atoms with Crippen molar-refractivity contribution in [3.8, 4) is 11.5 Å². The van der Waals surface area contributed by atoms with Gasteiger partial charge in [-0.05, 0) is 55.8 Å². The van der Waals surface area contributed by atoms with Crippen LogP contribution in [0.3, 0.4) is 0 Å². The molecular weight excluding hydrogens is 360 g/mol. The Hall–Kier alpha value is -2.05. The molecule has 0 aromatic heterocycles. The summed E-state index contributed by atoms with van der Waals surface area (Å²) in [5.74, 6) is 1.74. The molecule has 1 heterocycles. The highest BCUT2D eigenvalue weighted by Crippen LogP contribution is 2.31. The van der Waals surface area contributed by atoms with Crippen molar-refractivity contribution in [2.45, 2.75) is 39.2 Å². The predicted molar refractivity (Wildman–Crippen MR) is 110 cm³/mol. The summed E-state index contributed by atoms with van der Waals surface area (Å²) < 4.78 is 32.9. The van der Waals surface area contributed by atoms with Crippen LogP contribution in [-0.2, 0) is 23.0 Å². The van der Waals surface area contributed by atoms with E-state index in [1.54, 1.807) is 24.3 Å². The molecule has 5 nitrogen and oxygen atoms in total. The number of nitrogens with zero attached hydrogens (tertiary/aromatic N) is 1. The molecule has 0 amide bonds. The van der Waals surface area contributed by atoms with Gasteiger partial charge < -0.3 is 9.64 Å². The number of benzene rings is 2. The second kappa shape index (κ2) is 8.76. The van der Waals surface area contributed by atoms with Crippen LogP contribution >= 0.6 is 0 Å². The molecule has 6 heteroatoms. The van der Waals surface area contributed by atoms with Crippen molar-refractivity contribution in [3.05, 3.63) is 53.6 Å². The SMILES string of the molecule is CCCCCS(=O)(=O)Nc1ccc(Oc2cccc3c2CCN(C)C3)cc1. The zero-order chi connectivity index (χ0) is 19.3. The third-order valence-corrected chi connectivity index (χ3v) is 6.16. The van der Waals surface area contributed by atoms with Gasteiger partial charge in [-0.25, -0.2) is 8.42 Å². The summed E-state index contributed by atoms with van der Waals surface area (Å²) in [6.45, 7) is 4.01. The van der Waals surface area contributed by atoms with Gasteiger partial charge in [-0.15, -0.1) is 0 Å². The maximum atomic E-state index is 12.1. The second-order valence-electron chi connectivity index (χ2n) is 7.14. The average molecular weight is 389 g/mol. The fourth-order valence-electron chi connectivity index (χ4n) is 3.30. The molecule has 0 saturated heterocycles. The first-order chi connectivity index (χ1) is 13.0. The van der Waals surface area contributed by atoms with E-state index < -0.39 is 10.0 Å². The molecule has 2 aromatic carbocycles. The van der Waals surface area contributed by atoms with Gasteiger partial charge in [0.25, 0.3) is 0 Å². The van der Waals surface area contributed by atoms with E-state index in [0.717, 1.165) is 38.1 Å². The molecule has 0 atom stereocenters. The van der Waals surface area contributed by atoms with Gasteiger partial charge in [0.15, 0.2) is 0 Å². The molecule has 0 saturated carbocycles. The van der Waals surface area contributed by atoms with Crippen LogP contribution < -0.4 is 9.46 Å². The Bertz CT molecular complexity index is 863. The van der Waals surface area contributed by atoms with Crippen molar-refractivity contribution < 1.29 is 13.2 Å². The van der Waals surface area contributed by atoms with Crippen molar-refractivity contribution in [1.29, 1.82) is 0 Å². The lowest BCUT2D eigenvalue weighted by Gasteiger charge is -2.26. The maximum absolute atomic E-state index is 12.1. The van der Waals surface area contributed by atoms with E-state index in [0.29, 0.717) is 17.9 Å². The van der Waals surface area contributed by atoms with E-state index in [1.807, 2.05) is 12.1 Å². The Kier molecular flexibility index (Phi) is 6.39. The van der Waals surface area contributed by atoms with Crippen molar-refractivity contribution >= 4 is 15.7 Å². The molecule has 2 aromatic rings. The number of anilines is 1. The highest BCUT2D eigenvalue weighted by molar-refractivity contribution is 7.92. The number of hydrogen-bond donors (Lipinski definition) is 1. The average Bonchev–Trinajstić information content (AvgIpc) is 2.63. The number of rotatable bonds is 8. The Morgan fingerprint density at radius 1 is 1.11 bits per heavy atom. The predicted octanol–water partition coefficient (Wildman–Crippen LogP) is 4.40. The van der Waals surface area contributed by atoms with Gasteiger partial charge in [0.1, 0.15) is 11.5 Å². The monoisotopic (exact) mass is 388 g/mol. The molecule has 146 valence electrons. The van der Waals surface area contributed by atoms with Crippen molar-refractivity contribution in [1.82, 2.24) is 4.90 Å². The summed E-state index contributed by atoms with van der Waals surface area (Å²) in [5.41, 5.74) is 3.13. The van der Waals surface area contributed by atoms with Crippen LogP contribution in [0.4, 0.5) is 5.69 Å². The van der Waals surface area contributed by atoms with E-state index in [4.69, 9.17) is 4.74 Å². The zero-order valence-electron chi connectivity index (χ0n) is 16.1. The second-order valence-corrected chi connectivity index (χ2v) is 8.98. The van der Waals surface area contributed by atoms with Crippen LogP contribution in [0.1, 0.15) is 37.3 Å². The third-order valence-electron chi connectivity index (χ3n) is 4.79. The van der Waals surface area contributed by atoms with Gasteiger partial charge in [-0.1, -0.05) is 31.9 Å². The standard InChI is InChI=1S/C21H28N2O3S/c1-3-4-5-15-27(24,25)22-18-9-11-19(12-10-18)26-21-8-6-7-17-16-23(2)14-13-20(17)21/h6-12,22H,3-5,13-16H2,1-2H3. The maximum Gasteiger partial charge on any atom is 0.232 e. The van der Waals surface area contributed by atoms with Gasteiger partial charge >= 0.3 is 0 Å². The molecule has 0 radical (unpaired) electrons. The summed E-state index contributed by atoms with van der Waals surface area (Å²) in [6, 6.07) is 13.3. The van der Waals surface area contributed by atoms with E-state index in [2.05, 4.69) is 29.7 Å². The number of fused-ring (bicyclic) bond motifs is 1. The van der Waals surface area contributed by atoms with Crippen LogP contribution in [0.5, 0.6) is 11.5 Å². The molecular formula is C21H28N2O3S. The lowest BCUT2D eigenvalue weighted by molar-refractivity contribution is 0.309. The normalized spacial score (nSPS) is 14.6. The van der Waals surface area contributed by atoms with Crippen molar-refractivity contribution in [2.24, 2.45) is 0 Å². The smallest absolute Gasteiger partial charge is 0.232 e. The Labute approximate surface area is 162 Å². The summed E-state index contributed by atoms with van der Waals surface area (Å²) in [6.07, 6.45) is 3.57. The minimum Gasteiger partial charge on any atom is -0.457 e. The third kappa shape index (κ3) is 5.47. The number of unbranched alkanes of at least 4 members (excludes halogenated alkanes) is 2. The summed E-state index contributed by atoms with van der Waals surface area (Å²) in [5, 5.41) is 0. The topological polar surface area (TPSA) is 58.6 Å². The van der Waals surface area contributed by atoms with Crippen LogP contribution in [0.15, 0.2) is 42.5 Å². The van der Waals surface area contributed by atoms with Crippen LogP contribution in [0, 0.1) is 0 Å². The quantitative estimate of drug-likeness (QED) is 0.681. The van der Waals surface area contributed by atoms with Crippen LogP contribution in [0.2, 0.25) is 0 Å². The number of hydrogen-bond acceptors (Lipinski definition) is 4. The molecule has 1 aliphatic rings. The molecule has 1 N–H and O–H groups in total. The lowest BCUT2D eigenvalue weighted by Crippen LogP contribution is -2.26.